The van der Waals surface area contributed by atoms with Crippen LogP contribution in [0.3, 0.4) is 0 Å². The summed E-state index contributed by atoms with van der Waals surface area (Å²) in [5.74, 6) is 2.42. The summed E-state index contributed by atoms with van der Waals surface area (Å²) in [6, 6.07) is 16.6. The molecule has 6 nitrogen and oxygen atoms in total. The second kappa shape index (κ2) is 9.96. The van der Waals surface area contributed by atoms with E-state index < -0.39 is 0 Å². The molecule has 1 atom stereocenters. The fourth-order valence-corrected chi connectivity index (χ4v) is 5.31. The van der Waals surface area contributed by atoms with Gasteiger partial charge in [-0.2, -0.15) is 0 Å². The van der Waals surface area contributed by atoms with E-state index in [1.165, 1.54) is 12.0 Å². The van der Waals surface area contributed by atoms with Crippen LogP contribution in [-0.2, 0) is 17.9 Å². The van der Waals surface area contributed by atoms with Gasteiger partial charge in [-0.1, -0.05) is 24.3 Å². The predicted octanol–water partition coefficient (Wildman–Crippen LogP) is 4.32. The first-order chi connectivity index (χ1) is 16.2. The molecule has 0 unspecified atom stereocenters. The number of nitrogens with zero attached hydrogens (tertiary/aromatic N) is 4. The average Bonchev–Trinajstić information content (AvgIpc) is 3.21. The average molecular weight is 447 g/mol. The minimum absolute atomic E-state index is 0.122. The van der Waals surface area contributed by atoms with Crippen LogP contribution in [0, 0.1) is 5.92 Å². The third kappa shape index (κ3) is 4.91. The van der Waals surface area contributed by atoms with Gasteiger partial charge in [0.15, 0.2) is 0 Å². The van der Waals surface area contributed by atoms with Crippen molar-refractivity contribution in [1.82, 2.24) is 19.4 Å². The van der Waals surface area contributed by atoms with Crippen molar-refractivity contribution in [2.75, 3.05) is 33.3 Å². The summed E-state index contributed by atoms with van der Waals surface area (Å²) in [4.78, 5) is 22.7. The lowest BCUT2D eigenvalue weighted by Gasteiger charge is -2.36. The number of aromatic nitrogens is 2. The standard InChI is InChI=1S/C27H34N4O2/c1-33-23-13-11-21(12-14-23)18-31-25-10-4-3-9-24(25)28-26(31)20-29-15-7-8-22(19-29)27(32)30-16-5-2-6-17-30/h3-4,9-14,22H,2,5-8,15-20H2,1H3/t22-/m1/s1. The Hall–Kier alpha value is -2.86. The lowest BCUT2D eigenvalue weighted by atomic mass is 9.95. The maximum absolute atomic E-state index is 13.1. The maximum atomic E-state index is 13.1. The molecule has 0 spiro atoms. The van der Waals surface area contributed by atoms with Gasteiger partial charge >= 0.3 is 0 Å². The summed E-state index contributed by atoms with van der Waals surface area (Å²) < 4.78 is 7.64. The highest BCUT2D eigenvalue weighted by atomic mass is 16.5. The predicted molar refractivity (Wildman–Crippen MR) is 130 cm³/mol. The third-order valence-electron chi connectivity index (χ3n) is 7.12. The zero-order valence-corrected chi connectivity index (χ0v) is 19.6. The van der Waals surface area contributed by atoms with E-state index in [4.69, 9.17) is 9.72 Å². The van der Waals surface area contributed by atoms with Crippen LogP contribution in [0.15, 0.2) is 48.5 Å². The molecule has 1 aromatic heterocycles. The summed E-state index contributed by atoms with van der Waals surface area (Å²) >= 11 is 0. The van der Waals surface area contributed by atoms with Crippen molar-refractivity contribution >= 4 is 16.9 Å². The van der Waals surface area contributed by atoms with E-state index in [1.54, 1.807) is 7.11 Å². The monoisotopic (exact) mass is 446 g/mol. The first kappa shape index (κ1) is 22.0. The van der Waals surface area contributed by atoms with Gasteiger partial charge in [0.1, 0.15) is 11.6 Å². The Kier molecular flexibility index (Phi) is 6.63. The molecule has 2 aliphatic heterocycles. The van der Waals surface area contributed by atoms with Crippen molar-refractivity contribution in [3.05, 3.63) is 59.9 Å². The molecule has 2 aromatic carbocycles. The second-order valence-electron chi connectivity index (χ2n) is 9.41. The molecule has 2 aliphatic rings. The zero-order valence-electron chi connectivity index (χ0n) is 19.6. The van der Waals surface area contributed by atoms with Gasteiger partial charge in [-0.15, -0.1) is 0 Å². The van der Waals surface area contributed by atoms with E-state index in [1.807, 2.05) is 18.2 Å². The lowest BCUT2D eigenvalue weighted by Crippen LogP contribution is -2.46. The van der Waals surface area contributed by atoms with Crippen molar-refractivity contribution in [3.8, 4) is 5.75 Å². The first-order valence-electron chi connectivity index (χ1n) is 12.3. The largest absolute Gasteiger partial charge is 0.497 e. The highest BCUT2D eigenvalue weighted by molar-refractivity contribution is 5.79. The summed E-state index contributed by atoms with van der Waals surface area (Å²) in [7, 11) is 1.69. The van der Waals surface area contributed by atoms with Crippen molar-refractivity contribution in [3.63, 3.8) is 0 Å². The van der Waals surface area contributed by atoms with Crippen LogP contribution in [0.5, 0.6) is 5.75 Å². The quantitative estimate of drug-likeness (QED) is 0.566. The number of fused-ring (bicyclic) bond motifs is 1. The Labute approximate surface area is 196 Å². The molecule has 33 heavy (non-hydrogen) atoms. The summed E-state index contributed by atoms with van der Waals surface area (Å²) in [6.45, 7) is 5.27. The number of methoxy groups -OCH3 is 1. The second-order valence-corrected chi connectivity index (χ2v) is 9.41. The number of hydrogen-bond acceptors (Lipinski definition) is 4. The van der Waals surface area contributed by atoms with Crippen molar-refractivity contribution in [2.45, 2.75) is 45.2 Å². The van der Waals surface area contributed by atoms with E-state index in [2.05, 4.69) is 44.7 Å². The molecule has 0 saturated carbocycles. The molecule has 0 aliphatic carbocycles. The maximum Gasteiger partial charge on any atom is 0.226 e. The van der Waals surface area contributed by atoms with E-state index >= 15 is 0 Å². The van der Waals surface area contributed by atoms with Gasteiger partial charge in [-0.05, 0) is 68.5 Å². The number of para-hydroxylation sites is 2. The van der Waals surface area contributed by atoms with Gasteiger partial charge in [0.2, 0.25) is 5.91 Å². The number of rotatable bonds is 6. The normalized spacial score (nSPS) is 19.7. The van der Waals surface area contributed by atoms with E-state index in [9.17, 15) is 4.79 Å². The fraction of sp³-hybridized carbons (Fsp3) is 0.481. The minimum atomic E-state index is 0.122. The van der Waals surface area contributed by atoms with E-state index in [-0.39, 0.29) is 5.92 Å². The van der Waals surface area contributed by atoms with Crippen LogP contribution in [-0.4, -0.2) is 58.5 Å². The molecule has 2 fully saturated rings. The lowest BCUT2D eigenvalue weighted by molar-refractivity contribution is -0.138. The Bertz CT molecular complexity index is 1090. The molecule has 174 valence electrons. The molecule has 2 saturated heterocycles. The molecular weight excluding hydrogens is 412 g/mol. The molecule has 5 rings (SSSR count). The van der Waals surface area contributed by atoms with Crippen molar-refractivity contribution in [1.29, 1.82) is 0 Å². The molecule has 0 bridgehead atoms. The first-order valence-corrected chi connectivity index (χ1v) is 12.3. The number of benzene rings is 2. The highest BCUT2D eigenvalue weighted by Crippen LogP contribution is 2.25. The summed E-state index contributed by atoms with van der Waals surface area (Å²) in [5, 5.41) is 0. The minimum Gasteiger partial charge on any atom is -0.497 e. The number of carbonyl (C=O) groups is 1. The van der Waals surface area contributed by atoms with E-state index in [0.29, 0.717) is 5.91 Å². The fourth-order valence-electron chi connectivity index (χ4n) is 5.31. The Balaban J connectivity index is 1.34. The van der Waals surface area contributed by atoms with Crippen LogP contribution in [0.4, 0.5) is 0 Å². The van der Waals surface area contributed by atoms with Crippen LogP contribution >= 0.6 is 0 Å². The molecule has 1 amide bonds. The number of carbonyl (C=O) groups excluding carboxylic acids is 1. The van der Waals surface area contributed by atoms with Crippen LogP contribution in [0.25, 0.3) is 11.0 Å². The molecular formula is C27H34N4O2. The van der Waals surface area contributed by atoms with Gasteiger partial charge in [-0.3, -0.25) is 9.69 Å². The highest BCUT2D eigenvalue weighted by Gasteiger charge is 2.30. The third-order valence-corrected chi connectivity index (χ3v) is 7.12. The van der Waals surface area contributed by atoms with Crippen LogP contribution in [0.1, 0.15) is 43.5 Å². The van der Waals surface area contributed by atoms with Gasteiger partial charge in [-0.25, -0.2) is 4.98 Å². The van der Waals surface area contributed by atoms with Crippen molar-refractivity contribution in [2.24, 2.45) is 5.92 Å². The summed E-state index contributed by atoms with van der Waals surface area (Å²) in [6.07, 6.45) is 5.64. The van der Waals surface area contributed by atoms with Gasteiger partial charge in [0, 0.05) is 26.2 Å². The Morgan fingerprint density at radius 1 is 0.970 bits per heavy atom. The number of likely N-dealkylation sites (tertiary alicyclic amines) is 2. The number of piperidine rings is 2. The Morgan fingerprint density at radius 3 is 2.55 bits per heavy atom. The topological polar surface area (TPSA) is 50.6 Å². The van der Waals surface area contributed by atoms with Crippen LogP contribution < -0.4 is 4.74 Å². The van der Waals surface area contributed by atoms with Gasteiger partial charge in [0.05, 0.1) is 30.6 Å². The Morgan fingerprint density at radius 2 is 1.76 bits per heavy atom. The van der Waals surface area contributed by atoms with E-state index in [0.717, 1.165) is 87.6 Å². The van der Waals surface area contributed by atoms with Gasteiger partial charge < -0.3 is 14.2 Å². The number of imidazole rings is 1. The number of amides is 1. The smallest absolute Gasteiger partial charge is 0.226 e. The SMILES string of the molecule is COc1ccc(Cn2c(CN3CCC[C@@H](C(=O)N4CCCCC4)C3)nc3ccccc32)cc1. The number of ether oxygens (including phenoxy) is 1. The molecule has 0 radical (unpaired) electrons. The van der Waals surface area contributed by atoms with Crippen molar-refractivity contribution < 1.29 is 9.53 Å². The molecule has 3 heterocycles. The van der Waals surface area contributed by atoms with Gasteiger partial charge in [0.25, 0.3) is 0 Å². The van der Waals surface area contributed by atoms with Crippen LogP contribution in [0.2, 0.25) is 0 Å². The number of hydrogen-bond donors (Lipinski definition) is 0. The summed E-state index contributed by atoms with van der Waals surface area (Å²) in [5.41, 5.74) is 3.40. The molecule has 0 N–H and O–H groups in total. The molecule has 6 heteroatoms. The zero-order chi connectivity index (χ0) is 22.6. The molecule has 3 aromatic rings.